The number of nitrogens with two attached hydrogens (primary N) is 1. The van der Waals surface area contributed by atoms with E-state index in [0.717, 1.165) is 41.3 Å². The second-order valence-electron chi connectivity index (χ2n) is 5.80. The van der Waals surface area contributed by atoms with E-state index in [0.29, 0.717) is 0 Å². The maximum Gasteiger partial charge on any atom is 0.140 e. The standard InChI is InChI=1S/C17H22N4/c1-2-12-7-9-21(10-8-12)17-14(16(18)19)11-13-5-3-4-6-15(13)20-17/h3-6,11-12H,2,7-10H2,1H3,(H3,18,19). The third-order valence-corrected chi connectivity index (χ3v) is 4.49. The van der Waals surface area contributed by atoms with Crippen molar-refractivity contribution in [1.82, 2.24) is 4.98 Å². The molecule has 1 aromatic carbocycles. The molecule has 0 unspecified atom stereocenters. The predicted molar refractivity (Wildman–Crippen MR) is 88.0 cm³/mol. The van der Waals surface area contributed by atoms with Crippen LogP contribution in [0.3, 0.4) is 0 Å². The average molecular weight is 282 g/mol. The fourth-order valence-electron chi connectivity index (χ4n) is 3.10. The first kappa shape index (κ1) is 13.9. The molecule has 0 spiro atoms. The summed E-state index contributed by atoms with van der Waals surface area (Å²) in [6, 6.07) is 10.0. The van der Waals surface area contributed by atoms with Gasteiger partial charge in [-0.25, -0.2) is 4.98 Å². The molecule has 2 aromatic rings. The predicted octanol–water partition coefficient (Wildman–Crippen LogP) is 3.15. The van der Waals surface area contributed by atoms with Gasteiger partial charge in [-0.15, -0.1) is 0 Å². The Morgan fingerprint density at radius 3 is 2.71 bits per heavy atom. The molecular weight excluding hydrogens is 260 g/mol. The molecule has 1 aliphatic heterocycles. The molecule has 0 radical (unpaired) electrons. The van der Waals surface area contributed by atoms with Crippen LogP contribution in [0.5, 0.6) is 0 Å². The Balaban J connectivity index is 2.00. The van der Waals surface area contributed by atoms with Crippen molar-refractivity contribution < 1.29 is 0 Å². The highest BCUT2D eigenvalue weighted by Crippen LogP contribution is 2.28. The van der Waals surface area contributed by atoms with Crippen LogP contribution in [0.2, 0.25) is 0 Å². The Hall–Kier alpha value is -2.10. The SMILES string of the molecule is CCC1CCN(c2nc3ccccc3cc2C(=N)N)CC1. The lowest BCUT2D eigenvalue weighted by Gasteiger charge is -2.33. The summed E-state index contributed by atoms with van der Waals surface area (Å²) in [4.78, 5) is 7.06. The number of nitrogen functional groups attached to an aromatic ring is 1. The molecule has 1 aliphatic rings. The van der Waals surface area contributed by atoms with Crippen LogP contribution in [0, 0.1) is 11.3 Å². The van der Waals surface area contributed by atoms with Crippen LogP contribution < -0.4 is 10.6 Å². The van der Waals surface area contributed by atoms with Gasteiger partial charge in [0.2, 0.25) is 0 Å². The van der Waals surface area contributed by atoms with Crippen LogP contribution in [-0.4, -0.2) is 23.9 Å². The lowest BCUT2D eigenvalue weighted by Crippen LogP contribution is -2.35. The number of para-hydroxylation sites is 1. The third kappa shape index (κ3) is 2.71. The number of nitrogens with one attached hydrogen (secondary N) is 1. The van der Waals surface area contributed by atoms with Crippen LogP contribution in [0.25, 0.3) is 10.9 Å². The molecule has 0 atom stereocenters. The second-order valence-corrected chi connectivity index (χ2v) is 5.80. The summed E-state index contributed by atoms with van der Waals surface area (Å²) in [6.07, 6.45) is 3.64. The van der Waals surface area contributed by atoms with Crippen molar-refractivity contribution in [3.63, 3.8) is 0 Å². The monoisotopic (exact) mass is 282 g/mol. The molecule has 110 valence electrons. The third-order valence-electron chi connectivity index (χ3n) is 4.49. The van der Waals surface area contributed by atoms with Gasteiger partial charge in [0.25, 0.3) is 0 Å². The van der Waals surface area contributed by atoms with Gasteiger partial charge in [0, 0.05) is 18.5 Å². The van der Waals surface area contributed by atoms with Crippen LogP contribution in [-0.2, 0) is 0 Å². The molecule has 0 bridgehead atoms. The van der Waals surface area contributed by atoms with Crippen LogP contribution in [0.1, 0.15) is 31.7 Å². The zero-order valence-corrected chi connectivity index (χ0v) is 12.5. The number of hydrogen-bond donors (Lipinski definition) is 2. The van der Waals surface area contributed by atoms with E-state index in [1.165, 1.54) is 19.3 Å². The Labute approximate surface area is 125 Å². The van der Waals surface area contributed by atoms with Crippen molar-refractivity contribution in [2.24, 2.45) is 11.7 Å². The second kappa shape index (κ2) is 5.72. The number of pyridine rings is 1. The van der Waals surface area contributed by atoms with Gasteiger partial charge in [-0.3, -0.25) is 5.41 Å². The van der Waals surface area contributed by atoms with Crippen LogP contribution in [0.4, 0.5) is 5.82 Å². The van der Waals surface area contributed by atoms with E-state index in [2.05, 4.69) is 11.8 Å². The quantitative estimate of drug-likeness (QED) is 0.671. The molecule has 1 fully saturated rings. The topological polar surface area (TPSA) is 66.0 Å². The zero-order valence-electron chi connectivity index (χ0n) is 12.5. The summed E-state index contributed by atoms with van der Waals surface area (Å²) in [7, 11) is 0. The number of rotatable bonds is 3. The summed E-state index contributed by atoms with van der Waals surface area (Å²) < 4.78 is 0. The smallest absolute Gasteiger partial charge is 0.140 e. The van der Waals surface area contributed by atoms with E-state index in [9.17, 15) is 0 Å². The summed E-state index contributed by atoms with van der Waals surface area (Å²) >= 11 is 0. The molecule has 1 aromatic heterocycles. The molecule has 3 N–H and O–H groups in total. The number of fused-ring (bicyclic) bond motifs is 1. The van der Waals surface area contributed by atoms with Gasteiger partial charge in [-0.1, -0.05) is 31.5 Å². The van der Waals surface area contributed by atoms with Gasteiger partial charge in [-0.2, -0.15) is 0 Å². The highest BCUT2D eigenvalue weighted by Gasteiger charge is 2.22. The van der Waals surface area contributed by atoms with Gasteiger partial charge in [0.15, 0.2) is 0 Å². The zero-order chi connectivity index (χ0) is 14.8. The first-order valence-corrected chi connectivity index (χ1v) is 7.68. The van der Waals surface area contributed by atoms with Gasteiger partial charge >= 0.3 is 0 Å². The van der Waals surface area contributed by atoms with Crippen molar-refractivity contribution in [3.8, 4) is 0 Å². The molecule has 2 heterocycles. The molecular formula is C17H22N4. The van der Waals surface area contributed by atoms with Crippen LogP contribution in [0.15, 0.2) is 30.3 Å². The fourth-order valence-corrected chi connectivity index (χ4v) is 3.10. The molecule has 0 saturated carbocycles. The van der Waals surface area contributed by atoms with Gasteiger partial charge in [0.1, 0.15) is 11.7 Å². The number of aromatic nitrogens is 1. The molecule has 0 aliphatic carbocycles. The average Bonchev–Trinajstić information content (AvgIpc) is 2.53. The Morgan fingerprint density at radius 1 is 1.33 bits per heavy atom. The van der Waals surface area contributed by atoms with E-state index in [4.69, 9.17) is 16.1 Å². The van der Waals surface area contributed by atoms with Gasteiger partial charge in [-0.05, 0) is 30.9 Å². The Bertz CT molecular complexity index is 657. The molecule has 3 rings (SSSR count). The summed E-state index contributed by atoms with van der Waals surface area (Å²) in [5, 5.41) is 8.89. The minimum atomic E-state index is 0.0980. The number of benzene rings is 1. The van der Waals surface area contributed by atoms with Crippen molar-refractivity contribution in [1.29, 1.82) is 5.41 Å². The van der Waals surface area contributed by atoms with E-state index < -0.39 is 0 Å². The number of piperidine rings is 1. The lowest BCUT2D eigenvalue weighted by atomic mass is 9.94. The minimum Gasteiger partial charge on any atom is -0.384 e. The molecule has 1 saturated heterocycles. The highest BCUT2D eigenvalue weighted by molar-refractivity contribution is 6.03. The molecule has 21 heavy (non-hydrogen) atoms. The fraction of sp³-hybridized carbons (Fsp3) is 0.412. The number of amidine groups is 1. The van der Waals surface area contributed by atoms with E-state index in [-0.39, 0.29) is 5.84 Å². The first-order valence-electron chi connectivity index (χ1n) is 7.68. The van der Waals surface area contributed by atoms with E-state index in [1.54, 1.807) is 0 Å². The van der Waals surface area contributed by atoms with Crippen LogP contribution >= 0.6 is 0 Å². The number of nitrogens with zero attached hydrogens (tertiary/aromatic N) is 2. The molecule has 4 heteroatoms. The highest BCUT2D eigenvalue weighted by atomic mass is 15.2. The van der Waals surface area contributed by atoms with Crippen molar-refractivity contribution in [3.05, 3.63) is 35.9 Å². The number of hydrogen-bond acceptors (Lipinski definition) is 3. The van der Waals surface area contributed by atoms with Crippen molar-refractivity contribution in [2.75, 3.05) is 18.0 Å². The Morgan fingerprint density at radius 2 is 2.05 bits per heavy atom. The lowest BCUT2D eigenvalue weighted by molar-refractivity contribution is 0.394. The Kier molecular flexibility index (Phi) is 3.78. The van der Waals surface area contributed by atoms with E-state index >= 15 is 0 Å². The van der Waals surface area contributed by atoms with Crippen molar-refractivity contribution in [2.45, 2.75) is 26.2 Å². The summed E-state index contributed by atoms with van der Waals surface area (Å²) in [5.41, 5.74) is 7.50. The summed E-state index contributed by atoms with van der Waals surface area (Å²) in [6.45, 7) is 4.27. The van der Waals surface area contributed by atoms with Crippen molar-refractivity contribution >= 4 is 22.6 Å². The summed E-state index contributed by atoms with van der Waals surface area (Å²) in [5.74, 6) is 1.79. The van der Waals surface area contributed by atoms with Gasteiger partial charge < -0.3 is 10.6 Å². The maximum absolute atomic E-state index is 7.86. The van der Waals surface area contributed by atoms with Gasteiger partial charge in [0.05, 0.1) is 11.1 Å². The molecule has 0 amide bonds. The maximum atomic E-state index is 7.86. The minimum absolute atomic E-state index is 0.0980. The number of anilines is 1. The molecule has 4 nitrogen and oxygen atoms in total. The van der Waals surface area contributed by atoms with E-state index in [1.807, 2.05) is 30.3 Å². The first-order chi connectivity index (χ1) is 10.2. The largest absolute Gasteiger partial charge is 0.384 e. The normalized spacial score (nSPS) is 16.3.